The predicted octanol–water partition coefficient (Wildman–Crippen LogP) is 6.58. The fraction of sp³-hybridized carbons (Fsp3) is 0.388. The van der Waals surface area contributed by atoms with Crippen LogP contribution in [0.25, 0.3) is 39.0 Å². The van der Waals surface area contributed by atoms with Crippen molar-refractivity contribution in [1.82, 2.24) is 48.3 Å². The van der Waals surface area contributed by atoms with Gasteiger partial charge in [0, 0.05) is 48.9 Å². The number of benzene rings is 3. The molecule has 67 heavy (non-hydrogen) atoms. The molecule has 1 spiro atoms. The van der Waals surface area contributed by atoms with Crippen LogP contribution in [0.3, 0.4) is 0 Å². The lowest BCUT2D eigenvalue weighted by Gasteiger charge is -2.45. The third-order valence-electron chi connectivity index (χ3n) is 15.4. The van der Waals surface area contributed by atoms with E-state index in [4.69, 9.17) is 19.1 Å². The van der Waals surface area contributed by atoms with Gasteiger partial charge in [-0.25, -0.2) is 23.1 Å². The third-order valence-corrected chi connectivity index (χ3v) is 15.4. The SMILES string of the molecule is Cc1cc(-n2nc3c(c2-n2ccn(-c4ccc5c(cnn5C)c4F)c2=O)[C@@H]2COC[C@H](C3)N2C(=O)c2cc3cc(C4CCOC5(CC5)C4)ccc3n2[C@@]2(c3noc(=O)[nH]3)C[C@@H]2C)cc(C)c1F. The Hall–Kier alpha value is -6.92. The number of morpholine rings is 1. The van der Waals surface area contributed by atoms with Gasteiger partial charge in [0.05, 0.1) is 65.1 Å². The van der Waals surface area contributed by atoms with Gasteiger partial charge in [-0.3, -0.25) is 28.1 Å². The van der Waals surface area contributed by atoms with Crippen molar-refractivity contribution in [2.75, 3.05) is 19.8 Å². The summed E-state index contributed by atoms with van der Waals surface area (Å²) in [6.45, 7) is 6.45. The number of carbonyl (C=O) groups excluding carboxylic acids is 1. The molecule has 3 aliphatic heterocycles. The number of hydrogen-bond acceptors (Lipinski definition) is 9. The lowest BCUT2D eigenvalue weighted by atomic mass is 9.87. The van der Waals surface area contributed by atoms with Crippen molar-refractivity contribution in [3.05, 3.63) is 139 Å². The molecule has 1 N–H and O–H groups in total. The average molecular weight is 909 g/mol. The molecule has 8 heterocycles. The highest BCUT2D eigenvalue weighted by molar-refractivity contribution is 6.00. The summed E-state index contributed by atoms with van der Waals surface area (Å²) in [4.78, 5) is 47.9. The number of fused-ring (bicyclic) bond motifs is 6. The summed E-state index contributed by atoms with van der Waals surface area (Å²) in [5.41, 5.74) is 4.08. The quantitative estimate of drug-likeness (QED) is 0.186. The molecule has 16 nitrogen and oxygen atoms in total. The third kappa shape index (κ3) is 5.81. The van der Waals surface area contributed by atoms with Crippen molar-refractivity contribution in [3.63, 3.8) is 0 Å². The van der Waals surface area contributed by atoms with E-state index in [0.29, 0.717) is 69.9 Å². The maximum absolute atomic E-state index is 16.2. The summed E-state index contributed by atoms with van der Waals surface area (Å²) >= 11 is 0. The number of amides is 1. The van der Waals surface area contributed by atoms with E-state index in [0.717, 1.165) is 36.6 Å². The average Bonchev–Trinajstić information content (AvgIpc) is 3.73. The molecule has 1 unspecified atom stereocenters. The number of aromatic amines is 1. The zero-order chi connectivity index (χ0) is 45.8. The molecule has 13 rings (SSSR count). The summed E-state index contributed by atoms with van der Waals surface area (Å²) in [7, 11) is 1.72. The van der Waals surface area contributed by atoms with Crippen molar-refractivity contribution in [3.8, 4) is 17.2 Å². The lowest BCUT2D eigenvalue weighted by Crippen LogP contribution is -2.55. The molecule has 18 heteroatoms. The van der Waals surface area contributed by atoms with Gasteiger partial charge in [0.15, 0.2) is 11.6 Å². The van der Waals surface area contributed by atoms with Gasteiger partial charge in [-0.05, 0) is 117 Å². The summed E-state index contributed by atoms with van der Waals surface area (Å²) < 4.78 is 56.9. The van der Waals surface area contributed by atoms with Crippen LogP contribution in [0, 0.1) is 31.4 Å². The monoisotopic (exact) mass is 908 g/mol. The van der Waals surface area contributed by atoms with E-state index in [9.17, 15) is 9.59 Å². The fourth-order valence-corrected chi connectivity index (χ4v) is 11.7. The molecule has 4 fully saturated rings. The van der Waals surface area contributed by atoms with Crippen LogP contribution in [-0.2, 0) is 28.5 Å². The molecule has 3 aromatic carbocycles. The van der Waals surface area contributed by atoms with Gasteiger partial charge in [0.25, 0.3) is 5.91 Å². The molecule has 1 amide bonds. The maximum atomic E-state index is 16.2. The van der Waals surface area contributed by atoms with E-state index >= 15 is 13.6 Å². The molecule has 5 aliphatic rings. The second-order valence-corrected chi connectivity index (χ2v) is 19.4. The minimum absolute atomic E-state index is 0.0110. The van der Waals surface area contributed by atoms with Gasteiger partial charge in [-0.1, -0.05) is 18.1 Å². The zero-order valence-electron chi connectivity index (χ0n) is 37.3. The number of rotatable bonds is 7. The Balaban J connectivity index is 0.979. The minimum Gasteiger partial charge on any atom is -0.377 e. The number of ether oxygens (including phenoxy) is 2. The normalized spacial score (nSPS) is 23.9. The first-order valence-electron chi connectivity index (χ1n) is 22.9. The lowest BCUT2D eigenvalue weighted by molar-refractivity contribution is -0.0441. The standard InChI is InChI=1S/C49H46F2N10O6/c1-25-15-31(16-26(2)41(25)50)61-43(58-13-12-57(47(58)64)37-8-7-36-33(42(37)51)22-52-56(36)4)40-34(54-61)19-32-23-65-24-39(40)59(32)44(62)38-18-30-17-28(29-9-14-66-48(21-29)10-11-48)5-6-35(30)60(38)49(20-27(49)3)45-53-46(63)67-55-45/h5-8,12-13,15-18,22,27,29,32,39H,9-11,14,19-21,23-24H2,1-4H3,(H,53,55,63)/t27-,29?,32-,39-,49-/m0/s1. The van der Waals surface area contributed by atoms with Crippen LogP contribution < -0.4 is 11.4 Å². The Morgan fingerprint density at radius 1 is 0.940 bits per heavy atom. The number of H-pyrrole nitrogens is 1. The van der Waals surface area contributed by atoms with Crippen molar-refractivity contribution in [2.24, 2.45) is 13.0 Å². The van der Waals surface area contributed by atoms with Crippen LogP contribution >= 0.6 is 0 Å². The van der Waals surface area contributed by atoms with Crippen molar-refractivity contribution in [2.45, 2.75) is 88.4 Å². The van der Waals surface area contributed by atoms with Crippen molar-refractivity contribution < 1.29 is 27.6 Å². The summed E-state index contributed by atoms with van der Waals surface area (Å²) in [6, 6.07) is 13.8. The Bertz CT molecular complexity index is 3510. The molecule has 2 saturated heterocycles. The van der Waals surface area contributed by atoms with Crippen LogP contribution in [0.2, 0.25) is 0 Å². The molecule has 8 aromatic rings. The Kier molecular flexibility index (Phi) is 8.47. The topological polar surface area (TPSA) is 165 Å². The zero-order valence-corrected chi connectivity index (χ0v) is 37.3. The first-order valence-corrected chi connectivity index (χ1v) is 22.9. The number of imidazole rings is 1. The largest absolute Gasteiger partial charge is 0.438 e. The number of aryl methyl sites for hydroxylation is 3. The fourth-order valence-electron chi connectivity index (χ4n) is 11.7. The first kappa shape index (κ1) is 40.4. The van der Waals surface area contributed by atoms with Crippen LogP contribution in [0.1, 0.15) is 95.2 Å². The number of hydrogen-bond donors (Lipinski definition) is 1. The smallest absolute Gasteiger partial charge is 0.377 e. The summed E-state index contributed by atoms with van der Waals surface area (Å²) in [5.74, 6) is -0.927. The molecule has 0 radical (unpaired) electrons. The number of nitrogens with zero attached hydrogens (tertiary/aromatic N) is 9. The van der Waals surface area contributed by atoms with E-state index in [1.54, 1.807) is 60.7 Å². The van der Waals surface area contributed by atoms with Crippen LogP contribution in [0.4, 0.5) is 8.78 Å². The molecule has 5 aromatic heterocycles. The predicted molar refractivity (Wildman–Crippen MR) is 239 cm³/mol. The van der Waals surface area contributed by atoms with E-state index < -0.39 is 34.9 Å². The molecule has 2 aliphatic carbocycles. The molecular formula is C49H46F2N10O6. The Labute approximate surface area is 380 Å². The van der Waals surface area contributed by atoms with Gasteiger partial charge < -0.3 is 18.9 Å². The summed E-state index contributed by atoms with van der Waals surface area (Å²) in [6.07, 6.45) is 9.40. The van der Waals surface area contributed by atoms with Gasteiger partial charge >= 0.3 is 11.4 Å². The van der Waals surface area contributed by atoms with Gasteiger partial charge in [-0.2, -0.15) is 10.2 Å². The molecule has 2 saturated carbocycles. The van der Waals surface area contributed by atoms with Gasteiger partial charge in [0.2, 0.25) is 0 Å². The highest BCUT2D eigenvalue weighted by Crippen LogP contribution is 2.57. The van der Waals surface area contributed by atoms with Crippen LogP contribution in [-0.4, -0.2) is 85.7 Å². The van der Waals surface area contributed by atoms with Crippen LogP contribution in [0.5, 0.6) is 0 Å². The molecule has 342 valence electrons. The Morgan fingerprint density at radius 2 is 1.72 bits per heavy atom. The number of nitrogens with one attached hydrogen (secondary N) is 1. The first-order chi connectivity index (χ1) is 32.3. The second kappa shape index (κ2) is 14.1. The van der Waals surface area contributed by atoms with Crippen LogP contribution in [0.15, 0.2) is 81.2 Å². The van der Waals surface area contributed by atoms with Crippen molar-refractivity contribution in [1.29, 1.82) is 0 Å². The van der Waals surface area contributed by atoms with Gasteiger partial charge in [-0.15, -0.1) is 0 Å². The molecular weight excluding hydrogens is 863 g/mol. The van der Waals surface area contributed by atoms with E-state index in [1.165, 1.54) is 27.1 Å². The molecule has 5 atom stereocenters. The van der Waals surface area contributed by atoms with Gasteiger partial charge in [0.1, 0.15) is 22.9 Å². The van der Waals surface area contributed by atoms with E-state index in [2.05, 4.69) is 40.4 Å². The van der Waals surface area contributed by atoms with E-state index in [1.807, 2.05) is 15.5 Å². The summed E-state index contributed by atoms with van der Waals surface area (Å²) in [5, 5.41) is 14.7. The van der Waals surface area contributed by atoms with Crippen molar-refractivity contribution >= 4 is 27.7 Å². The highest BCUT2D eigenvalue weighted by atomic mass is 19.1. The number of halogens is 2. The second-order valence-electron chi connectivity index (χ2n) is 19.4. The van der Waals surface area contributed by atoms with E-state index in [-0.39, 0.29) is 54.0 Å². The Morgan fingerprint density at radius 3 is 2.46 bits per heavy atom. The maximum Gasteiger partial charge on any atom is 0.438 e. The number of aromatic nitrogens is 9. The minimum atomic E-state index is -0.873. The molecule has 2 bridgehead atoms. The number of carbonyl (C=O) groups is 1. The highest BCUT2D eigenvalue weighted by Gasteiger charge is 2.60.